The monoisotopic (exact) mass is 465 g/mol. The summed E-state index contributed by atoms with van der Waals surface area (Å²) < 4.78 is 38.8. The highest BCUT2D eigenvalue weighted by atomic mass is 32.2. The normalized spacial score (nSPS) is 26.0. The molecule has 0 bridgehead atoms. The zero-order chi connectivity index (χ0) is 23.3. The highest BCUT2D eigenvalue weighted by Gasteiger charge is 2.38. The van der Waals surface area contributed by atoms with Crippen LogP contribution in [-0.2, 0) is 6.54 Å². The minimum atomic E-state index is -4.21. The van der Waals surface area contributed by atoms with Crippen molar-refractivity contribution in [3.63, 3.8) is 0 Å². The van der Waals surface area contributed by atoms with Gasteiger partial charge in [-0.1, -0.05) is 49.4 Å². The number of rotatable bonds is 9. The molecule has 1 aromatic rings. The Morgan fingerprint density at radius 1 is 1.28 bits per heavy atom. The predicted octanol–water partition coefficient (Wildman–Crippen LogP) is 6.46. The fourth-order valence-electron chi connectivity index (χ4n) is 4.37. The molecule has 7 heteroatoms. The maximum atomic E-state index is 12.9. The summed E-state index contributed by atoms with van der Waals surface area (Å²) in [5.41, 5.74) is 3.39. The summed E-state index contributed by atoms with van der Waals surface area (Å²) in [7, 11) is 2.02. The van der Waals surface area contributed by atoms with E-state index in [2.05, 4.69) is 53.0 Å². The lowest BCUT2D eigenvalue weighted by atomic mass is 10.0. The third kappa shape index (κ3) is 6.88. The van der Waals surface area contributed by atoms with Crippen molar-refractivity contribution in [3.8, 4) is 0 Å². The second-order valence-corrected chi connectivity index (χ2v) is 10.1. The molecule has 3 rings (SSSR count). The maximum Gasteiger partial charge on any atom is 0.393 e. The average molecular weight is 466 g/mol. The summed E-state index contributed by atoms with van der Waals surface area (Å²) in [6, 6.07) is 9.33. The van der Waals surface area contributed by atoms with Gasteiger partial charge in [-0.15, -0.1) is 11.8 Å². The van der Waals surface area contributed by atoms with E-state index < -0.39 is 12.6 Å². The van der Waals surface area contributed by atoms with Gasteiger partial charge in [0, 0.05) is 37.3 Å². The second kappa shape index (κ2) is 10.9. The molecule has 1 N–H and O–H groups in total. The van der Waals surface area contributed by atoms with Gasteiger partial charge in [0.25, 0.3) is 0 Å². The van der Waals surface area contributed by atoms with E-state index in [-0.39, 0.29) is 11.3 Å². The van der Waals surface area contributed by atoms with Gasteiger partial charge in [-0.05, 0) is 49.3 Å². The van der Waals surface area contributed by atoms with Gasteiger partial charge in [0.1, 0.15) is 5.37 Å². The Kier molecular flexibility index (Phi) is 8.50. The molecular formula is C25H34F3N3S. The lowest BCUT2D eigenvalue weighted by Crippen LogP contribution is -2.35. The number of allylic oxidation sites excluding steroid dienone is 1. The van der Waals surface area contributed by atoms with E-state index in [0.717, 1.165) is 37.9 Å². The number of aryl methyl sites for hydroxylation is 1. The summed E-state index contributed by atoms with van der Waals surface area (Å²) in [6.45, 7) is 9.20. The highest BCUT2D eigenvalue weighted by molar-refractivity contribution is 8.03. The van der Waals surface area contributed by atoms with Gasteiger partial charge in [-0.2, -0.15) is 13.2 Å². The quantitative estimate of drug-likeness (QED) is 0.424. The molecule has 1 aliphatic carbocycles. The standard InChI is InChI=1S/C25H34F3N3S/c1-5-12-29-24-23(14-22(32-24)15-25(26,27)28)18(3)31(4)21-11-10-20(13-21)30-16-19-8-6-17(2)7-9-19/h6-9,12,14,20-21,23-24,30H,3,5,10-11,13,15-16H2,1-2,4H3/b29-12-. The first-order valence-corrected chi connectivity index (χ1v) is 12.2. The third-order valence-corrected chi connectivity index (χ3v) is 7.50. The molecule has 0 saturated heterocycles. The van der Waals surface area contributed by atoms with E-state index in [0.29, 0.717) is 17.0 Å². The Labute approximate surface area is 194 Å². The van der Waals surface area contributed by atoms with E-state index in [1.165, 1.54) is 22.9 Å². The molecule has 0 aromatic heterocycles. The van der Waals surface area contributed by atoms with Gasteiger partial charge >= 0.3 is 6.18 Å². The summed E-state index contributed by atoms with van der Waals surface area (Å²) in [5.74, 6) is -0.204. The van der Waals surface area contributed by atoms with Crippen molar-refractivity contribution in [2.24, 2.45) is 10.9 Å². The van der Waals surface area contributed by atoms with Crippen molar-refractivity contribution < 1.29 is 13.2 Å². The minimum Gasteiger partial charge on any atom is -0.375 e. The van der Waals surface area contributed by atoms with E-state index in [1.807, 2.05) is 14.0 Å². The van der Waals surface area contributed by atoms with E-state index in [1.54, 1.807) is 12.3 Å². The fraction of sp³-hybridized carbons (Fsp3) is 0.560. The number of nitrogens with one attached hydrogen (secondary N) is 1. The fourth-order valence-corrected chi connectivity index (χ4v) is 5.69. The van der Waals surface area contributed by atoms with Crippen molar-refractivity contribution in [1.82, 2.24) is 10.2 Å². The second-order valence-electron chi connectivity index (χ2n) is 8.83. The first kappa shape index (κ1) is 24.9. The van der Waals surface area contributed by atoms with Crippen molar-refractivity contribution in [2.45, 2.75) is 76.1 Å². The van der Waals surface area contributed by atoms with Gasteiger partial charge < -0.3 is 10.2 Å². The molecule has 4 atom stereocenters. The van der Waals surface area contributed by atoms with Crippen LogP contribution >= 0.6 is 11.8 Å². The van der Waals surface area contributed by atoms with Gasteiger partial charge in [0.15, 0.2) is 0 Å². The van der Waals surface area contributed by atoms with E-state index in [9.17, 15) is 13.2 Å². The Bertz CT molecular complexity index is 832. The third-order valence-electron chi connectivity index (χ3n) is 6.26. The molecule has 1 saturated carbocycles. The molecule has 1 aliphatic heterocycles. The first-order chi connectivity index (χ1) is 15.2. The van der Waals surface area contributed by atoms with Crippen LogP contribution < -0.4 is 5.32 Å². The molecule has 1 fully saturated rings. The molecule has 176 valence electrons. The molecule has 2 aliphatic rings. The summed E-state index contributed by atoms with van der Waals surface area (Å²) in [6.07, 6.45) is 2.32. The van der Waals surface area contributed by atoms with Gasteiger partial charge in [0.2, 0.25) is 0 Å². The van der Waals surface area contributed by atoms with Crippen LogP contribution in [-0.4, -0.2) is 41.8 Å². The van der Waals surface area contributed by atoms with E-state index in [4.69, 9.17) is 0 Å². The SMILES string of the molecule is C=C(C1C=C(CC(F)(F)F)SC1/N=C\CC)N(C)C1CCC(NCc2ccc(C)cc2)C1. The van der Waals surface area contributed by atoms with Crippen LogP contribution in [0, 0.1) is 12.8 Å². The lowest BCUT2D eigenvalue weighted by molar-refractivity contribution is -0.125. The minimum absolute atomic E-state index is 0.204. The number of aliphatic imine (C=N–C) groups is 1. The number of hydrogen-bond donors (Lipinski definition) is 1. The Morgan fingerprint density at radius 3 is 2.66 bits per heavy atom. The molecule has 32 heavy (non-hydrogen) atoms. The largest absolute Gasteiger partial charge is 0.393 e. The van der Waals surface area contributed by atoms with Crippen LogP contribution in [0.15, 0.2) is 52.5 Å². The summed E-state index contributed by atoms with van der Waals surface area (Å²) in [4.78, 5) is 7.06. The molecule has 3 nitrogen and oxygen atoms in total. The van der Waals surface area contributed by atoms with Crippen LogP contribution in [0.4, 0.5) is 13.2 Å². The number of thioether (sulfide) groups is 1. The van der Waals surface area contributed by atoms with Crippen LogP contribution in [0.5, 0.6) is 0 Å². The molecule has 1 aromatic carbocycles. The zero-order valence-corrected chi connectivity index (χ0v) is 20.0. The van der Waals surface area contributed by atoms with Crippen LogP contribution in [0.3, 0.4) is 0 Å². The Morgan fingerprint density at radius 2 is 2.00 bits per heavy atom. The predicted molar refractivity (Wildman–Crippen MR) is 129 cm³/mol. The van der Waals surface area contributed by atoms with Gasteiger partial charge in [0.05, 0.1) is 6.42 Å². The molecule has 4 unspecified atom stereocenters. The highest BCUT2D eigenvalue weighted by Crippen LogP contribution is 2.46. The number of alkyl halides is 3. The van der Waals surface area contributed by atoms with Crippen molar-refractivity contribution >= 4 is 18.0 Å². The van der Waals surface area contributed by atoms with Gasteiger partial charge in [-0.3, -0.25) is 4.99 Å². The number of benzene rings is 1. The van der Waals surface area contributed by atoms with Crippen molar-refractivity contribution in [3.05, 3.63) is 58.6 Å². The molecule has 0 amide bonds. The molecular weight excluding hydrogens is 431 g/mol. The number of hydrogen-bond acceptors (Lipinski definition) is 4. The van der Waals surface area contributed by atoms with E-state index >= 15 is 0 Å². The maximum absolute atomic E-state index is 12.9. The summed E-state index contributed by atoms with van der Waals surface area (Å²) >= 11 is 1.22. The topological polar surface area (TPSA) is 27.6 Å². The van der Waals surface area contributed by atoms with Gasteiger partial charge in [-0.25, -0.2) is 0 Å². The first-order valence-electron chi connectivity index (χ1n) is 11.3. The smallest absolute Gasteiger partial charge is 0.375 e. The summed E-state index contributed by atoms with van der Waals surface area (Å²) in [5, 5.41) is 3.39. The van der Waals surface area contributed by atoms with Crippen LogP contribution in [0.2, 0.25) is 0 Å². The molecule has 0 radical (unpaired) electrons. The van der Waals surface area contributed by atoms with Crippen LogP contribution in [0.25, 0.3) is 0 Å². The van der Waals surface area contributed by atoms with Crippen molar-refractivity contribution in [2.75, 3.05) is 7.05 Å². The number of halogens is 3. The number of nitrogens with zero attached hydrogens (tertiary/aromatic N) is 2. The Hall–Kier alpha value is -1.73. The lowest BCUT2D eigenvalue weighted by Gasteiger charge is -2.32. The average Bonchev–Trinajstić information content (AvgIpc) is 3.36. The zero-order valence-electron chi connectivity index (χ0n) is 19.2. The van der Waals surface area contributed by atoms with Crippen molar-refractivity contribution in [1.29, 1.82) is 0 Å². The molecule has 0 spiro atoms. The molecule has 1 heterocycles. The van der Waals surface area contributed by atoms with Crippen LogP contribution in [0.1, 0.15) is 50.2 Å². The Balaban J connectivity index is 1.59.